The van der Waals surface area contributed by atoms with E-state index >= 15 is 0 Å². The minimum absolute atomic E-state index is 0.00712. The molecule has 0 saturated heterocycles. The van der Waals surface area contributed by atoms with Crippen molar-refractivity contribution in [3.8, 4) is 0 Å². The van der Waals surface area contributed by atoms with E-state index in [9.17, 15) is 18.0 Å². The lowest BCUT2D eigenvalue weighted by atomic mass is 10.0. The molecular weight excluding hydrogens is 677 g/mol. The molecule has 1 aliphatic carbocycles. The Hall–Kier alpha value is -3.56. The molecule has 7 nitrogen and oxygen atoms in total. The highest BCUT2D eigenvalue weighted by molar-refractivity contribution is 7.92. The second-order valence-corrected chi connectivity index (χ2v) is 14.7. The number of nitrogens with zero attached hydrogens (tertiary/aromatic N) is 2. The van der Waals surface area contributed by atoms with Crippen molar-refractivity contribution >= 4 is 62.3 Å². The highest BCUT2D eigenvalue weighted by atomic mass is 35.5. The largest absolute Gasteiger partial charge is 0.352 e. The summed E-state index contributed by atoms with van der Waals surface area (Å²) in [5, 5.41) is 4.15. The summed E-state index contributed by atoms with van der Waals surface area (Å²) in [6.07, 6.45) is 3.92. The molecule has 0 bridgehead atoms. The molecular formula is C36H36Cl3N3O4S. The number of benzene rings is 4. The Morgan fingerprint density at radius 2 is 1.38 bits per heavy atom. The second-order valence-electron chi connectivity index (χ2n) is 11.6. The number of nitrogens with one attached hydrogen (secondary N) is 1. The van der Waals surface area contributed by atoms with E-state index in [4.69, 9.17) is 34.8 Å². The number of carbonyl (C=O) groups is 2. The van der Waals surface area contributed by atoms with Crippen molar-refractivity contribution in [2.24, 2.45) is 0 Å². The molecule has 246 valence electrons. The Balaban J connectivity index is 1.61. The Morgan fingerprint density at radius 1 is 0.809 bits per heavy atom. The van der Waals surface area contributed by atoms with E-state index in [2.05, 4.69) is 5.32 Å². The number of hydrogen-bond acceptors (Lipinski definition) is 4. The van der Waals surface area contributed by atoms with E-state index < -0.39 is 28.5 Å². The van der Waals surface area contributed by atoms with Gasteiger partial charge in [0.2, 0.25) is 11.8 Å². The number of halogens is 3. The van der Waals surface area contributed by atoms with Crippen molar-refractivity contribution < 1.29 is 18.0 Å². The maximum Gasteiger partial charge on any atom is 0.264 e. The van der Waals surface area contributed by atoms with Gasteiger partial charge in [0.25, 0.3) is 10.0 Å². The first-order chi connectivity index (χ1) is 22.6. The molecule has 0 aromatic heterocycles. The van der Waals surface area contributed by atoms with Crippen molar-refractivity contribution in [2.75, 3.05) is 10.8 Å². The van der Waals surface area contributed by atoms with Crippen molar-refractivity contribution in [3.63, 3.8) is 0 Å². The Labute approximate surface area is 291 Å². The zero-order valence-corrected chi connectivity index (χ0v) is 29.0. The number of rotatable bonds is 12. The third-order valence-electron chi connectivity index (χ3n) is 8.48. The van der Waals surface area contributed by atoms with Gasteiger partial charge in [-0.25, -0.2) is 8.42 Å². The van der Waals surface area contributed by atoms with Gasteiger partial charge < -0.3 is 10.2 Å². The molecule has 0 spiro atoms. The van der Waals surface area contributed by atoms with Crippen LogP contribution in [-0.4, -0.2) is 43.8 Å². The average Bonchev–Trinajstić information content (AvgIpc) is 3.58. The predicted molar refractivity (Wildman–Crippen MR) is 189 cm³/mol. The fourth-order valence-electron chi connectivity index (χ4n) is 5.87. The molecule has 1 aliphatic rings. The monoisotopic (exact) mass is 711 g/mol. The molecule has 1 saturated carbocycles. The van der Waals surface area contributed by atoms with Gasteiger partial charge in [0.1, 0.15) is 12.6 Å². The Kier molecular flexibility index (Phi) is 11.5. The quantitative estimate of drug-likeness (QED) is 0.162. The molecule has 1 fully saturated rings. The van der Waals surface area contributed by atoms with E-state index in [1.807, 2.05) is 30.3 Å². The molecule has 11 heteroatoms. The van der Waals surface area contributed by atoms with Crippen LogP contribution in [0.15, 0.2) is 102 Å². The highest BCUT2D eigenvalue weighted by Gasteiger charge is 2.36. The summed E-state index contributed by atoms with van der Waals surface area (Å²) in [5.74, 6) is -0.934. The van der Waals surface area contributed by atoms with Gasteiger partial charge in [0.05, 0.1) is 10.6 Å². The lowest BCUT2D eigenvalue weighted by molar-refractivity contribution is -0.140. The van der Waals surface area contributed by atoms with Gasteiger partial charge in [0, 0.05) is 39.6 Å². The first-order valence-corrected chi connectivity index (χ1v) is 18.0. The van der Waals surface area contributed by atoms with Crippen LogP contribution < -0.4 is 9.62 Å². The summed E-state index contributed by atoms with van der Waals surface area (Å²) >= 11 is 19.7. The van der Waals surface area contributed by atoms with Crippen LogP contribution >= 0.6 is 34.8 Å². The zero-order valence-electron chi connectivity index (χ0n) is 25.9. The molecule has 0 aliphatic heterocycles. The summed E-state index contributed by atoms with van der Waals surface area (Å²) in [6, 6.07) is 26.2. The lowest BCUT2D eigenvalue weighted by Gasteiger charge is -2.35. The number of hydrogen-bond donors (Lipinski definition) is 1. The molecule has 0 heterocycles. The molecule has 1 atom stereocenters. The summed E-state index contributed by atoms with van der Waals surface area (Å²) in [6.45, 7) is 0.966. The van der Waals surface area contributed by atoms with Gasteiger partial charge in [-0.05, 0) is 67.3 Å². The minimum atomic E-state index is -4.26. The van der Waals surface area contributed by atoms with Crippen LogP contribution in [0, 0.1) is 6.92 Å². The van der Waals surface area contributed by atoms with Crippen LogP contribution in [0.5, 0.6) is 0 Å². The smallest absolute Gasteiger partial charge is 0.264 e. The van der Waals surface area contributed by atoms with Crippen molar-refractivity contribution in [2.45, 2.75) is 62.6 Å². The molecule has 0 radical (unpaired) electrons. The molecule has 1 unspecified atom stereocenters. The normalized spacial score (nSPS) is 14.0. The zero-order chi connectivity index (χ0) is 33.6. The van der Waals surface area contributed by atoms with Gasteiger partial charge in [0.15, 0.2) is 0 Å². The van der Waals surface area contributed by atoms with Gasteiger partial charge in [-0.15, -0.1) is 0 Å². The second kappa shape index (κ2) is 15.6. The molecule has 1 N–H and O–H groups in total. The van der Waals surface area contributed by atoms with Gasteiger partial charge >= 0.3 is 0 Å². The third-order valence-corrected chi connectivity index (χ3v) is 11.4. The average molecular weight is 713 g/mol. The maximum absolute atomic E-state index is 14.7. The van der Waals surface area contributed by atoms with Crippen LogP contribution in [0.3, 0.4) is 0 Å². The highest BCUT2D eigenvalue weighted by Crippen LogP contribution is 2.32. The van der Waals surface area contributed by atoms with E-state index in [-0.39, 0.29) is 35.5 Å². The fourth-order valence-corrected chi connectivity index (χ4v) is 8.05. The van der Waals surface area contributed by atoms with E-state index in [0.717, 1.165) is 35.6 Å². The van der Waals surface area contributed by atoms with Gasteiger partial charge in [-0.1, -0.05) is 108 Å². The third kappa shape index (κ3) is 8.30. The number of carbonyl (C=O) groups excluding carboxylic acids is 2. The van der Waals surface area contributed by atoms with Crippen LogP contribution in [0.4, 0.5) is 5.69 Å². The van der Waals surface area contributed by atoms with E-state index in [1.165, 1.54) is 17.0 Å². The summed E-state index contributed by atoms with van der Waals surface area (Å²) in [4.78, 5) is 30.3. The Bertz CT molecular complexity index is 1800. The standard InChI is InChI=1S/C36H36Cl3N3O4S/c1-25-30(37)18-11-21-33(25)42(47(45,46)28-16-6-3-7-17-28)24-35(43)41(23-29-31(38)19-10-20-32(29)39)34(22-26-12-4-2-5-13-26)36(44)40-27-14-8-9-15-27/h2-7,10-13,16-21,27,34H,8-9,14-15,22-24H2,1H3,(H,40,44). The summed E-state index contributed by atoms with van der Waals surface area (Å²) < 4.78 is 29.5. The van der Waals surface area contributed by atoms with Crippen molar-refractivity contribution in [1.82, 2.24) is 10.2 Å². The fraction of sp³-hybridized carbons (Fsp3) is 0.278. The van der Waals surface area contributed by atoms with E-state index in [1.54, 1.807) is 61.5 Å². The van der Waals surface area contributed by atoms with E-state index in [0.29, 0.717) is 26.2 Å². The first-order valence-electron chi connectivity index (χ1n) is 15.5. The van der Waals surface area contributed by atoms with Gasteiger partial charge in [-0.2, -0.15) is 0 Å². The van der Waals surface area contributed by atoms with Crippen molar-refractivity contribution in [3.05, 3.63) is 129 Å². The minimum Gasteiger partial charge on any atom is -0.352 e. The first kappa shape index (κ1) is 34.8. The molecule has 5 rings (SSSR count). The molecule has 4 aromatic carbocycles. The number of anilines is 1. The number of sulfonamides is 1. The van der Waals surface area contributed by atoms with Crippen LogP contribution in [0.25, 0.3) is 0 Å². The predicted octanol–water partition coefficient (Wildman–Crippen LogP) is 7.85. The molecule has 47 heavy (non-hydrogen) atoms. The summed E-state index contributed by atoms with van der Waals surface area (Å²) in [7, 11) is -4.26. The topological polar surface area (TPSA) is 86.8 Å². The van der Waals surface area contributed by atoms with Crippen LogP contribution in [0.1, 0.15) is 42.4 Å². The van der Waals surface area contributed by atoms with Crippen LogP contribution in [-0.2, 0) is 32.6 Å². The van der Waals surface area contributed by atoms with Gasteiger partial charge in [-0.3, -0.25) is 13.9 Å². The summed E-state index contributed by atoms with van der Waals surface area (Å²) in [5.41, 5.74) is 2.02. The maximum atomic E-state index is 14.7. The molecule has 4 aromatic rings. The Morgan fingerprint density at radius 3 is 2.02 bits per heavy atom. The SMILES string of the molecule is Cc1c(Cl)cccc1N(CC(=O)N(Cc1c(Cl)cccc1Cl)C(Cc1ccccc1)C(=O)NC1CCCC1)S(=O)(=O)c1ccccc1. The van der Waals surface area contributed by atoms with Crippen LogP contribution in [0.2, 0.25) is 15.1 Å². The van der Waals surface area contributed by atoms with Crippen molar-refractivity contribution in [1.29, 1.82) is 0 Å². The lowest BCUT2D eigenvalue weighted by Crippen LogP contribution is -2.54. The number of amides is 2. The molecule has 2 amide bonds.